The predicted octanol–water partition coefficient (Wildman–Crippen LogP) is 20.6. The van der Waals surface area contributed by atoms with Gasteiger partial charge in [-0.05, 0) is 263 Å². The van der Waals surface area contributed by atoms with E-state index in [-0.39, 0.29) is 18.4 Å². The minimum absolute atomic E-state index is 0.0265. The number of aromatic nitrogens is 6. The van der Waals surface area contributed by atoms with Crippen LogP contribution in [0.4, 0.5) is 4.79 Å². The smallest absolute Gasteiger partial charge is 0.337 e. The Labute approximate surface area is 699 Å². The van der Waals surface area contributed by atoms with E-state index in [0.717, 1.165) is 168 Å². The lowest BCUT2D eigenvalue weighted by atomic mass is 9.88. The van der Waals surface area contributed by atoms with Gasteiger partial charge in [-0.25, -0.2) is 19.7 Å². The van der Waals surface area contributed by atoms with Gasteiger partial charge in [-0.1, -0.05) is 69.3 Å². The molecule has 0 spiro atoms. The summed E-state index contributed by atoms with van der Waals surface area (Å²) >= 11 is 0. The summed E-state index contributed by atoms with van der Waals surface area (Å²) < 4.78 is 34.9. The third kappa shape index (κ3) is 24.7. The van der Waals surface area contributed by atoms with Crippen LogP contribution in [0.15, 0.2) is 85.5 Å². The van der Waals surface area contributed by atoms with E-state index in [2.05, 4.69) is 159 Å². The zero-order valence-corrected chi connectivity index (χ0v) is 73.9. The number of urea groups is 1. The molecule has 3 aromatic heterocycles. The van der Waals surface area contributed by atoms with E-state index in [9.17, 15) is 45.4 Å². The minimum Gasteiger partial charge on any atom is -0.498 e. The molecule has 4 heterocycles. The van der Waals surface area contributed by atoms with Gasteiger partial charge in [0.25, 0.3) is 0 Å². The first-order valence-electron chi connectivity index (χ1n) is 39.1. The summed E-state index contributed by atoms with van der Waals surface area (Å²) in [5.74, 6) is 4.80. The monoisotopic (exact) mass is 1630 g/mol. The average molecular weight is 1630 g/mol. The fraction of sp³-hybridized carbons (Fsp3) is 0.380. The Morgan fingerprint density at radius 2 is 0.882 bits per heavy atom. The fourth-order valence-electron chi connectivity index (χ4n) is 14.8. The number of aryl methyl sites for hydroxylation is 15. The number of nitrogens with zero attached hydrogens (tertiary/aromatic N) is 13. The van der Waals surface area contributed by atoms with E-state index in [1.807, 2.05) is 159 Å². The van der Waals surface area contributed by atoms with Crippen molar-refractivity contribution < 1.29 is 28.2 Å². The third-order valence-corrected chi connectivity index (χ3v) is 21.3. The second-order valence-electron chi connectivity index (χ2n) is 29.6. The molecule has 0 radical (unpaired) electrons. The maximum atomic E-state index is 11.7. The zero-order chi connectivity index (χ0) is 88.3. The third-order valence-electron chi connectivity index (χ3n) is 20.7. The summed E-state index contributed by atoms with van der Waals surface area (Å²) in [5, 5.41) is 82.3. The van der Waals surface area contributed by atoms with Gasteiger partial charge in [-0.15, -0.1) is 0 Å². The number of carbonyl (C=O) groups is 2. The summed E-state index contributed by atoms with van der Waals surface area (Å²) in [7, 11) is -2.63. The number of hydrogen-bond acceptors (Lipinski definition) is 15. The lowest BCUT2D eigenvalue weighted by molar-refractivity contribution is -0.118. The number of carbonyl (C=O) groups excluding carboxylic acids is 2. The molecule has 0 atom stereocenters. The van der Waals surface area contributed by atoms with E-state index >= 15 is 0 Å². The SMILES string of the molecule is CC(=O)COc1c(C)cc(C)c(C#[N+][O-])c1C.CCc1cc(CC)c(Cn2ccnc2C)c(CC)c1C#[N+][O-].Cc1cc(C)c(Cn2c(C)nc3ccccc32)c(C)c1C#[N+][O-].Cc1cc(C)c(Cn2ccnc2C)c(C)c1C#[N+][O-].Cc1cc(C)c(OCCN2CCNC2=O)c(C)c1C#[N+][O-].Cc1cc(C)c(OP(C)(C)=O)c(C)c1C#[N+][O-]. The van der Waals surface area contributed by atoms with Gasteiger partial charge in [0, 0.05) is 118 Å². The number of benzene rings is 7. The molecular formula is C92H109N14O12P. The molecule has 1 fully saturated rings. The highest BCUT2D eigenvalue weighted by atomic mass is 31.2. The van der Waals surface area contributed by atoms with Crippen molar-refractivity contribution in [2.45, 2.75) is 191 Å². The van der Waals surface area contributed by atoms with Crippen molar-refractivity contribution in [3.63, 3.8) is 0 Å². The number of ether oxygens (including phenoxy) is 2. The highest BCUT2D eigenvalue weighted by molar-refractivity contribution is 7.57. The first-order chi connectivity index (χ1) is 56.5. The molecule has 10 aromatic rings. The van der Waals surface area contributed by atoms with Crippen LogP contribution in [-0.4, -0.2) is 91.5 Å². The van der Waals surface area contributed by atoms with E-state index in [1.165, 1.54) is 45.9 Å². The topological polar surface area (TPSA) is 312 Å². The Bertz CT molecular complexity index is 5860. The molecule has 26 nitrogen and oxygen atoms in total. The molecule has 1 aliphatic rings. The summed E-state index contributed by atoms with van der Waals surface area (Å²) in [6.45, 7) is 50.6. The average Bonchev–Trinajstić information content (AvgIpc) is 1.25. The minimum atomic E-state index is -2.63. The molecule has 1 saturated heterocycles. The number of fused-ring (bicyclic) bond motifs is 1. The molecular weight excluding hydrogens is 1520 g/mol. The van der Waals surface area contributed by atoms with Crippen LogP contribution in [0.2, 0.25) is 0 Å². The van der Waals surface area contributed by atoms with Crippen molar-refractivity contribution in [3.8, 4) is 53.7 Å². The number of para-hydroxylation sites is 2. The summed E-state index contributed by atoms with van der Waals surface area (Å²) in [6, 6.07) is 35.2. The highest BCUT2D eigenvalue weighted by Crippen LogP contribution is 2.43. The largest absolute Gasteiger partial charge is 0.498 e. The van der Waals surface area contributed by atoms with E-state index < -0.39 is 7.37 Å². The number of nitrogens with one attached hydrogen (secondary N) is 1. The van der Waals surface area contributed by atoms with Gasteiger partial charge in [-0.3, -0.25) is 9.36 Å². The van der Waals surface area contributed by atoms with Gasteiger partial charge >= 0.3 is 42.4 Å². The molecule has 0 aliphatic carbocycles. The van der Waals surface area contributed by atoms with E-state index in [0.29, 0.717) is 54.4 Å². The van der Waals surface area contributed by atoms with Crippen LogP contribution < -0.4 is 19.3 Å². The van der Waals surface area contributed by atoms with E-state index in [4.69, 9.17) is 14.0 Å². The van der Waals surface area contributed by atoms with Crippen LogP contribution in [0.1, 0.15) is 195 Å². The maximum Gasteiger partial charge on any atom is 0.337 e. The zero-order valence-electron chi connectivity index (χ0n) is 73.0. The number of Topliss-reactive ketones (excluding diaryl/α,β-unsaturated/α-hetero) is 1. The van der Waals surface area contributed by atoms with Crippen molar-refractivity contribution in [2.75, 3.05) is 46.2 Å². The van der Waals surface area contributed by atoms with Gasteiger partial charge in [0.1, 0.15) is 81.3 Å². The van der Waals surface area contributed by atoms with Gasteiger partial charge in [-0.2, -0.15) is 0 Å². The number of imidazole rings is 3. The molecule has 0 unspecified atom stereocenters. The predicted molar refractivity (Wildman–Crippen MR) is 479 cm³/mol. The molecule has 2 amide bonds. The quantitative estimate of drug-likeness (QED) is 0.0616. The van der Waals surface area contributed by atoms with Crippen molar-refractivity contribution in [1.29, 1.82) is 0 Å². The lowest BCUT2D eigenvalue weighted by Crippen LogP contribution is -2.32. The summed E-state index contributed by atoms with van der Waals surface area (Å²) in [4.78, 5) is 37.2. The van der Waals surface area contributed by atoms with Crippen LogP contribution in [-0.2, 0) is 48.3 Å². The second kappa shape index (κ2) is 44.2. The molecule has 0 bridgehead atoms. The number of hydrogen-bond donors (Lipinski definition) is 1. The molecule has 11 rings (SSSR count). The first-order valence-corrected chi connectivity index (χ1v) is 41.6. The van der Waals surface area contributed by atoms with Gasteiger partial charge in [0.15, 0.2) is 5.78 Å². The molecule has 7 aromatic carbocycles. The van der Waals surface area contributed by atoms with Gasteiger partial charge in [0.2, 0.25) is 7.37 Å². The number of rotatable bonds is 18. The van der Waals surface area contributed by atoms with Crippen LogP contribution in [0.5, 0.6) is 17.2 Å². The molecule has 1 aliphatic heterocycles. The van der Waals surface area contributed by atoms with Crippen LogP contribution in [0, 0.1) is 192 Å². The Morgan fingerprint density at radius 3 is 1.29 bits per heavy atom. The van der Waals surface area contributed by atoms with Crippen molar-refractivity contribution in [3.05, 3.63) is 314 Å². The normalized spacial score (nSPS) is 10.9. The number of ketones is 1. The first kappa shape index (κ1) is 94.6. The van der Waals surface area contributed by atoms with Crippen LogP contribution in [0.25, 0.3) is 41.1 Å². The standard InChI is InChI=1S/C19H19N3O.C18H23N3O.C15H19N3O3.C15H17N3O.C13H15NO3.C12H16NO3P/c1-12-9-13(2)17(14(3)16(12)10-20-23)11-22-15(4)21-18-7-5-6-8-19(18)22;1-5-14-10-15(6-2)18(12-21-9-8-19-13(21)4)16(7-3)17(14)11-20-22;1-10-8-11(2)14(12(3)13(10)9-17-20)21-7-6-18-5-4-16-15(18)19;1-10-7-11(2)15(12(3)14(10)8-17-19)9-18-6-5-16-13(18)4;1-8-5-9(2)13(17-7-10(3)15)11(4)12(8)6-14-16;1-8-6-9(2)12(16-17(4,5)15)10(3)11(8)7-13-14/h5-9H,11H2,1-4H3;8-10H,5-7,12H2,1-4H3;8H,4-7H2,1-3H3,(H,16,19);5-7H,9H2,1-4H3;5H,7H2,1-4H3;6H,1-5H3. The molecule has 27 heteroatoms. The Kier molecular flexibility index (Phi) is 35.1. The highest BCUT2D eigenvalue weighted by Gasteiger charge is 2.25. The lowest BCUT2D eigenvalue weighted by Gasteiger charge is -2.18. The fourth-order valence-corrected chi connectivity index (χ4v) is 15.5. The Morgan fingerprint density at radius 1 is 0.479 bits per heavy atom. The van der Waals surface area contributed by atoms with Crippen molar-refractivity contribution in [2.24, 2.45) is 0 Å². The van der Waals surface area contributed by atoms with E-state index in [1.54, 1.807) is 31.4 Å². The second-order valence-corrected chi connectivity index (χ2v) is 32.3. The van der Waals surface area contributed by atoms with Crippen LogP contribution >= 0.6 is 7.37 Å². The maximum absolute atomic E-state index is 11.7. The van der Waals surface area contributed by atoms with Crippen molar-refractivity contribution in [1.82, 2.24) is 38.9 Å². The van der Waals surface area contributed by atoms with Gasteiger partial charge in [0.05, 0.1) is 17.6 Å². The molecule has 624 valence electrons. The summed E-state index contributed by atoms with van der Waals surface area (Å²) in [5.41, 5.74) is 28.3. The number of amides is 2. The molecule has 0 saturated carbocycles. The Balaban J connectivity index is 0.000000222. The van der Waals surface area contributed by atoms with Crippen LogP contribution in [0.3, 0.4) is 0 Å². The molecule has 119 heavy (non-hydrogen) atoms. The molecule has 1 N–H and O–H groups in total. The van der Waals surface area contributed by atoms with Gasteiger partial charge < -0.3 is 69.2 Å². The Hall–Kier alpha value is -13.3. The summed E-state index contributed by atoms with van der Waals surface area (Å²) in [6.07, 6.45) is 10.3. The van der Waals surface area contributed by atoms with Crippen molar-refractivity contribution >= 4 is 30.2 Å².